The van der Waals surface area contributed by atoms with Crippen LogP contribution in [0.3, 0.4) is 0 Å². The van der Waals surface area contributed by atoms with Gasteiger partial charge in [-0.1, -0.05) is 0 Å². The smallest absolute Gasteiger partial charge is 0.349 e. The lowest BCUT2D eigenvalue weighted by Gasteiger charge is -2.08. The number of nitrogens with zero attached hydrogens (tertiary/aromatic N) is 2. The van der Waals surface area contributed by atoms with E-state index in [4.69, 9.17) is 4.74 Å². The highest BCUT2D eigenvalue weighted by molar-refractivity contribution is 6.00. The number of rotatable bonds is 7. The fourth-order valence-electron chi connectivity index (χ4n) is 3.39. The molecule has 2 amide bonds. The van der Waals surface area contributed by atoms with Gasteiger partial charge in [0.25, 0.3) is 11.8 Å². The van der Waals surface area contributed by atoms with E-state index < -0.39 is 18.5 Å². The molecule has 0 aliphatic heterocycles. The topological polar surface area (TPSA) is 113 Å². The number of ether oxygens (including phenoxy) is 1. The zero-order valence-corrected chi connectivity index (χ0v) is 17.7. The molecular weight excluding hydrogens is 396 g/mol. The number of amides is 2. The molecule has 8 nitrogen and oxygen atoms in total. The number of benzene rings is 1. The summed E-state index contributed by atoms with van der Waals surface area (Å²) in [4.78, 5) is 35.9. The zero-order chi connectivity index (χ0) is 22.5. The van der Waals surface area contributed by atoms with Gasteiger partial charge >= 0.3 is 5.97 Å². The molecule has 2 aromatic rings. The van der Waals surface area contributed by atoms with E-state index in [0.29, 0.717) is 17.3 Å². The van der Waals surface area contributed by atoms with Gasteiger partial charge in [0.15, 0.2) is 6.61 Å². The predicted octanol–water partition coefficient (Wildman–Crippen LogP) is 2.89. The van der Waals surface area contributed by atoms with E-state index in [1.165, 1.54) is 13.1 Å². The van der Waals surface area contributed by atoms with Gasteiger partial charge in [0.05, 0.1) is 0 Å². The Morgan fingerprint density at radius 2 is 1.90 bits per heavy atom. The van der Waals surface area contributed by atoms with Crippen LogP contribution in [0.2, 0.25) is 0 Å². The average Bonchev–Trinajstić information content (AvgIpc) is 3.55. The summed E-state index contributed by atoms with van der Waals surface area (Å²) < 4.78 is 7.22. The molecule has 1 aliphatic carbocycles. The van der Waals surface area contributed by atoms with Gasteiger partial charge in [-0.05, 0) is 68.7 Å². The van der Waals surface area contributed by atoms with E-state index in [-0.39, 0.29) is 11.5 Å². The molecule has 1 fully saturated rings. The standard InChI is InChI=1S/C23H24N4O4/c1-14-10-17(15(2)27(14)20-8-9-20)11-18(12-24)23(30)31-13-21(28)26-19-6-4-16(5-7-19)22(29)25-3/h4-7,10-11,20H,8-9,13H2,1-3H3,(H,25,29)(H,26,28)/b18-11+. The summed E-state index contributed by atoms with van der Waals surface area (Å²) in [6.07, 6.45) is 3.77. The minimum Gasteiger partial charge on any atom is -0.451 e. The van der Waals surface area contributed by atoms with Gasteiger partial charge in [-0.25, -0.2) is 4.79 Å². The lowest BCUT2D eigenvalue weighted by atomic mass is 10.1. The Morgan fingerprint density at radius 1 is 1.23 bits per heavy atom. The molecule has 1 heterocycles. The number of anilines is 1. The van der Waals surface area contributed by atoms with Gasteiger partial charge in [0, 0.05) is 35.7 Å². The van der Waals surface area contributed by atoms with Crippen molar-refractivity contribution in [3.8, 4) is 6.07 Å². The first-order chi connectivity index (χ1) is 14.8. The van der Waals surface area contributed by atoms with Crippen molar-refractivity contribution in [3.63, 3.8) is 0 Å². The van der Waals surface area contributed by atoms with Crippen LogP contribution >= 0.6 is 0 Å². The summed E-state index contributed by atoms with van der Waals surface area (Å²) in [6.45, 7) is 3.43. The third-order valence-corrected chi connectivity index (χ3v) is 5.07. The molecule has 8 heteroatoms. The van der Waals surface area contributed by atoms with Crippen LogP contribution in [-0.2, 0) is 14.3 Å². The number of aromatic nitrogens is 1. The lowest BCUT2D eigenvalue weighted by molar-refractivity contribution is -0.142. The largest absolute Gasteiger partial charge is 0.451 e. The van der Waals surface area contributed by atoms with Crippen LogP contribution < -0.4 is 10.6 Å². The first-order valence-electron chi connectivity index (χ1n) is 9.93. The van der Waals surface area contributed by atoms with Gasteiger partial charge in [-0.15, -0.1) is 0 Å². The molecule has 31 heavy (non-hydrogen) atoms. The Balaban J connectivity index is 1.59. The molecule has 0 atom stereocenters. The Morgan fingerprint density at radius 3 is 2.48 bits per heavy atom. The van der Waals surface area contributed by atoms with Gasteiger partial charge in [0.2, 0.25) is 0 Å². The Hall–Kier alpha value is -3.86. The van der Waals surface area contributed by atoms with Gasteiger partial charge in [0.1, 0.15) is 11.6 Å². The maximum atomic E-state index is 12.3. The number of hydrogen-bond acceptors (Lipinski definition) is 5. The molecule has 0 unspecified atom stereocenters. The maximum absolute atomic E-state index is 12.3. The minimum absolute atomic E-state index is 0.168. The number of nitriles is 1. The minimum atomic E-state index is -0.858. The number of nitrogens with one attached hydrogen (secondary N) is 2. The fourth-order valence-corrected chi connectivity index (χ4v) is 3.39. The molecule has 0 spiro atoms. The van der Waals surface area contributed by atoms with E-state index in [9.17, 15) is 19.6 Å². The third kappa shape index (κ3) is 5.20. The van der Waals surface area contributed by atoms with Crippen LogP contribution in [-0.4, -0.2) is 36.0 Å². The van der Waals surface area contributed by atoms with Crippen LogP contribution in [0, 0.1) is 25.2 Å². The number of esters is 1. The summed E-state index contributed by atoms with van der Waals surface area (Å²) in [5.74, 6) is -1.64. The summed E-state index contributed by atoms with van der Waals surface area (Å²) in [5.41, 5.74) is 3.61. The summed E-state index contributed by atoms with van der Waals surface area (Å²) >= 11 is 0. The second-order valence-electron chi connectivity index (χ2n) is 7.38. The van der Waals surface area contributed by atoms with Gasteiger partial charge in [-0.2, -0.15) is 5.26 Å². The SMILES string of the molecule is CNC(=O)c1ccc(NC(=O)COC(=O)/C(C#N)=C/c2cc(C)n(C3CC3)c2C)cc1. The van der Waals surface area contributed by atoms with Crippen molar-refractivity contribution in [1.82, 2.24) is 9.88 Å². The van der Waals surface area contributed by atoms with Crippen molar-refractivity contribution in [2.45, 2.75) is 32.7 Å². The first kappa shape index (κ1) is 21.8. The molecular formula is C23H24N4O4. The molecule has 0 saturated heterocycles. The number of aryl methyl sites for hydroxylation is 1. The van der Waals surface area contributed by atoms with Gasteiger partial charge < -0.3 is 19.9 Å². The molecule has 0 bridgehead atoms. The highest BCUT2D eigenvalue weighted by Crippen LogP contribution is 2.38. The first-order valence-corrected chi connectivity index (χ1v) is 9.93. The van der Waals surface area contributed by atoms with Gasteiger partial charge in [-0.3, -0.25) is 9.59 Å². The molecule has 1 aliphatic rings. The highest BCUT2D eigenvalue weighted by Gasteiger charge is 2.27. The van der Waals surface area contributed by atoms with Crippen molar-refractivity contribution >= 4 is 29.5 Å². The quantitative estimate of drug-likeness (QED) is 0.406. The molecule has 3 rings (SSSR count). The summed E-state index contributed by atoms with van der Waals surface area (Å²) in [6, 6.07) is 10.6. The predicted molar refractivity (Wildman–Crippen MR) is 115 cm³/mol. The van der Waals surface area contributed by atoms with Crippen molar-refractivity contribution in [1.29, 1.82) is 5.26 Å². The molecule has 1 aromatic heterocycles. The van der Waals surface area contributed by atoms with E-state index in [2.05, 4.69) is 15.2 Å². The summed E-state index contributed by atoms with van der Waals surface area (Å²) in [5, 5.41) is 14.5. The Bertz CT molecular complexity index is 1090. The van der Waals surface area contributed by atoms with Crippen LogP contribution in [0.15, 0.2) is 35.9 Å². The van der Waals surface area contributed by atoms with E-state index in [0.717, 1.165) is 29.8 Å². The Kier molecular flexibility index (Phi) is 6.55. The van der Waals surface area contributed by atoms with E-state index >= 15 is 0 Å². The molecule has 2 N–H and O–H groups in total. The monoisotopic (exact) mass is 420 g/mol. The number of carbonyl (C=O) groups excluding carboxylic acids is 3. The second kappa shape index (κ2) is 9.30. The fraction of sp³-hybridized carbons (Fsp3) is 0.304. The van der Waals surface area contributed by atoms with Crippen LogP contribution in [0.1, 0.15) is 46.2 Å². The average molecular weight is 420 g/mol. The van der Waals surface area contributed by atoms with Crippen molar-refractivity contribution in [2.24, 2.45) is 0 Å². The van der Waals surface area contributed by atoms with Crippen molar-refractivity contribution < 1.29 is 19.1 Å². The third-order valence-electron chi connectivity index (χ3n) is 5.07. The molecule has 1 aromatic carbocycles. The number of hydrogen-bond donors (Lipinski definition) is 2. The van der Waals surface area contributed by atoms with E-state index in [1.807, 2.05) is 26.0 Å². The highest BCUT2D eigenvalue weighted by atomic mass is 16.5. The zero-order valence-electron chi connectivity index (χ0n) is 17.7. The summed E-state index contributed by atoms with van der Waals surface area (Å²) in [7, 11) is 1.53. The Labute approximate surface area is 180 Å². The normalized spacial score (nSPS) is 13.3. The molecule has 160 valence electrons. The van der Waals surface area contributed by atoms with Crippen LogP contribution in [0.5, 0.6) is 0 Å². The van der Waals surface area contributed by atoms with Crippen LogP contribution in [0.25, 0.3) is 6.08 Å². The second-order valence-corrected chi connectivity index (χ2v) is 7.38. The molecule has 1 saturated carbocycles. The van der Waals surface area contributed by atoms with Crippen molar-refractivity contribution in [2.75, 3.05) is 19.0 Å². The lowest BCUT2D eigenvalue weighted by Crippen LogP contribution is -2.21. The van der Waals surface area contributed by atoms with Crippen LogP contribution in [0.4, 0.5) is 5.69 Å². The van der Waals surface area contributed by atoms with E-state index in [1.54, 1.807) is 24.3 Å². The maximum Gasteiger partial charge on any atom is 0.349 e. The number of carbonyl (C=O) groups is 3. The van der Waals surface area contributed by atoms with Crippen molar-refractivity contribution in [3.05, 3.63) is 58.4 Å². The molecule has 0 radical (unpaired) electrons.